The van der Waals surface area contributed by atoms with Gasteiger partial charge in [0.05, 0.1) is 17.1 Å². The number of benzene rings is 3. The molecule has 0 bridgehead atoms. The smallest absolute Gasteiger partial charge is 0.269 e. The van der Waals surface area contributed by atoms with Gasteiger partial charge in [-0.25, -0.2) is 9.97 Å². The van der Waals surface area contributed by atoms with E-state index in [1.807, 2.05) is 102 Å². The number of thiophene rings is 1. The number of nitrogens with one attached hydrogen (secondary N) is 1. The number of hydrogen-bond donors (Lipinski definition) is 2. The molecule has 174 valence electrons. The monoisotopic (exact) mass is 504 g/mol. The molecule has 3 N–H and O–H groups in total. The molecule has 0 radical (unpaired) electrons. The van der Waals surface area contributed by atoms with E-state index in [9.17, 15) is 4.79 Å². The second kappa shape index (κ2) is 9.37. The Kier molecular flexibility index (Phi) is 5.77. The van der Waals surface area contributed by atoms with Crippen molar-refractivity contribution in [3.8, 4) is 33.6 Å². The van der Waals surface area contributed by atoms with Crippen LogP contribution in [-0.2, 0) is 0 Å². The highest BCUT2D eigenvalue weighted by Crippen LogP contribution is 2.41. The summed E-state index contributed by atoms with van der Waals surface area (Å²) in [5.41, 5.74) is 12.7. The van der Waals surface area contributed by atoms with Crippen LogP contribution in [0.3, 0.4) is 0 Å². The molecule has 3 aromatic carbocycles. The van der Waals surface area contributed by atoms with E-state index in [1.165, 1.54) is 22.7 Å². The number of carbonyl (C=O) groups is 1. The molecule has 0 aliphatic rings. The number of nitrogens with zero attached hydrogens (tertiary/aromatic N) is 2. The van der Waals surface area contributed by atoms with Gasteiger partial charge in [-0.2, -0.15) is 0 Å². The van der Waals surface area contributed by atoms with Crippen LogP contribution in [0.25, 0.3) is 43.9 Å². The first-order valence-electron chi connectivity index (χ1n) is 11.3. The zero-order valence-electron chi connectivity index (χ0n) is 19.0. The van der Waals surface area contributed by atoms with Gasteiger partial charge in [-0.05, 0) is 17.2 Å². The number of carbonyl (C=O) groups excluding carboxylic acids is 1. The van der Waals surface area contributed by atoms with E-state index in [2.05, 4.69) is 10.3 Å². The number of fused-ring (bicyclic) bond motifs is 1. The van der Waals surface area contributed by atoms with Crippen molar-refractivity contribution >= 4 is 49.6 Å². The number of nitrogen functional groups attached to an aromatic ring is 1. The van der Waals surface area contributed by atoms with E-state index in [1.54, 1.807) is 0 Å². The molecular formula is C29H20N4OS2. The van der Waals surface area contributed by atoms with Gasteiger partial charge in [0.2, 0.25) is 0 Å². The molecule has 0 spiro atoms. The van der Waals surface area contributed by atoms with Gasteiger partial charge in [-0.1, -0.05) is 91.0 Å². The van der Waals surface area contributed by atoms with E-state index in [0.717, 1.165) is 43.9 Å². The van der Waals surface area contributed by atoms with Gasteiger partial charge < -0.3 is 5.73 Å². The van der Waals surface area contributed by atoms with Crippen molar-refractivity contribution in [2.24, 2.45) is 0 Å². The molecule has 0 saturated carbocycles. The molecule has 6 aromatic rings. The largest absolute Gasteiger partial charge is 0.397 e. The number of rotatable bonds is 5. The first-order chi connectivity index (χ1) is 17.7. The Hall–Kier alpha value is -4.33. The SMILES string of the molecule is Nc1c(C(=O)Nc2nc(-c3ccccc3)cs2)sc2nc(-c3ccccc3)cc(-c3ccccc3)c12. The average Bonchev–Trinajstić information content (AvgIpc) is 3.54. The van der Waals surface area contributed by atoms with Crippen LogP contribution in [0.15, 0.2) is 102 Å². The van der Waals surface area contributed by atoms with Crippen molar-refractivity contribution in [3.05, 3.63) is 107 Å². The van der Waals surface area contributed by atoms with Gasteiger partial charge in [0.1, 0.15) is 9.71 Å². The number of anilines is 2. The van der Waals surface area contributed by atoms with Gasteiger partial charge in [-0.15, -0.1) is 22.7 Å². The minimum Gasteiger partial charge on any atom is -0.397 e. The second-order valence-electron chi connectivity index (χ2n) is 8.17. The number of amides is 1. The number of hydrogen-bond acceptors (Lipinski definition) is 6. The Labute approximate surface area is 215 Å². The normalized spacial score (nSPS) is 11.0. The molecule has 36 heavy (non-hydrogen) atoms. The first-order valence-corrected chi connectivity index (χ1v) is 13.0. The lowest BCUT2D eigenvalue weighted by Crippen LogP contribution is -2.11. The summed E-state index contributed by atoms with van der Waals surface area (Å²) >= 11 is 2.69. The summed E-state index contributed by atoms with van der Waals surface area (Å²) in [5.74, 6) is -0.287. The fraction of sp³-hybridized carbons (Fsp3) is 0. The topological polar surface area (TPSA) is 80.9 Å². The van der Waals surface area contributed by atoms with Gasteiger partial charge in [0.15, 0.2) is 5.13 Å². The van der Waals surface area contributed by atoms with Crippen molar-refractivity contribution in [2.45, 2.75) is 0 Å². The molecule has 3 aromatic heterocycles. The molecule has 0 unspecified atom stereocenters. The molecule has 0 aliphatic heterocycles. The number of thiazole rings is 1. The Morgan fingerprint density at radius 1 is 0.750 bits per heavy atom. The lowest BCUT2D eigenvalue weighted by atomic mass is 9.99. The lowest BCUT2D eigenvalue weighted by Gasteiger charge is -2.09. The summed E-state index contributed by atoms with van der Waals surface area (Å²) in [5, 5.41) is 6.17. The fourth-order valence-corrected chi connectivity index (χ4v) is 5.85. The Bertz CT molecular complexity index is 1680. The van der Waals surface area contributed by atoms with Crippen LogP contribution >= 0.6 is 22.7 Å². The molecule has 0 aliphatic carbocycles. The van der Waals surface area contributed by atoms with Crippen LogP contribution in [-0.4, -0.2) is 15.9 Å². The van der Waals surface area contributed by atoms with Crippen molar-refractivity contribution in [1.29, 1.82) is 0 Å². The lowest BCUT2D eigenvalue weighted by molar-refractivity contribution is 0.103. The summed E-state index contributed by atoms with van der Waals surface area (Å²) in [6, 6.07) is 32.0. The maximum atomic E-state index is 13.3. The van der Waals surface area contributed by atoms with Crippen LogP contribution in [0, 0.1) is 0 Å². The zero-order valence-corrected chi connectivity index (χ0v) is 20.6. The minimum atomic E-state index is -0.287. The second-order valence-corrected chi connectivity index (χ2v) is 10.0. The highest BCUT2D eigenvalue weighted by molar-refractivity contribution is 7.21. The van der Waals surface area contributed by atoms with Gasteiger partial charge in [0, 0.05) is 21.9 Å². The van der Waals surface area contributed by atoms with Crippen molar-refractivity contribution in [2.75, 3.05) is 11.1 Å². The predicted molar refractivity (Wildman–Crippen MR) is 150 cm³/mol. The van der Waals surface area contributed by atoms with Crippen LogP contribution in [0.4, 0.5) is 10.8 Å². The molecule has 5 nitrogen and oxygen atoms in total. The van der Waals surface area contributed by atoms with Crippen molar-refractivity contribution in [3.63, 3.8) is 0 Å². The third-order valence-electron chi connectivity index (χ3n) is 5.85. The third-order valence-corrected chi connectivity index (χ3v) is 7.71. The molecule has 0 saturated heterocycles. The summed E-state index contributed by atoms with van der Waals surface area (Å²) in [7, 11) is 0. The highest BCUT2D eigenvalue weighted by Gasteiger charge is 2.22. The van der Waals surface area contributed by atoms with Crippen molar-refractivity contribution in [1.82, 2.24) is 9.97 Å². The quantitative estimate of drug-likeness (QED) is 0.253. The molecule has 7 heteroatoms. The Morgan fingerprint density at radius 3 is 1.97 bits per heavy atom. The zero-order chi connectivity index (χ0) is 24.5. The Morgan fingerprint density at radius 2 is 1.33 bits per heavy atom. The van der Waals surface area contributed by atoms with Crippen LogP contribution < -0.4 is 11.1 Å². The van der Waals surface area contributed by atoms with Crippen LogP contribution in [0.5, 0.6) is 0 Å². The van der Waals surface area contributed by atoms with E-state index < -0.39 is 0 Å². The van der Waals surface area contributed by atoms with Crippen LogP contribution in [0.1, 0.15) is 9.67 Å². The van der Waals surface area contributed by atoms with Crippen LogP contribution in [0.2, 0.25) is 0 Å². The maximum absolute atomic E-state index is 13.3. The van der Waals surface area contributed by atoms with E-state index in [0.29, 0.717) is 15.7 Å². The third kappa shape index (κ3) is 4.15. The molecular weight excluding hydrogens is 484 g/mol. The maximum Gasteiger partial charge on any atom is 0.269 e. The standard InChI is InChI=1S/C29H20N4OS2/c30-25-24-21(18-10-4-1-5-11-18)16-22(19-12-6-2-7-13-19)31-28(24)36-26(25)27(34)33-29-32-23(17-35-29)20-14-8-3-9-15-20/h1-17H,30H2,(H,32,33,34). The molecule has 1 amide bonds. The number of nitrogens with two attached hydrogens (primary N) is 1. The number of pyridine rings is 1. The molecule has 3 heterocycles. The molecule has 6 rings (SSSR count). The highest BCUT2D eigenvalue weighted by atomic mass is 32.1. The predicted octanol–water partition coefficient (Wildman–Crippen LogP) is 7.59. The molecule has 0 atom stereocenters. The van der Waals surface area contributed by atoms with E-state index >= 15 is 0 Å². The molecule has 0 fully saturated rings. The van der Waals surface area contributed by atoms with Crippen molar-refractivity contribution < 1.29 is 4.79 Å². The minimum absolute atomic E-state index is 0.287. The van der Waals surface area contributed by atoms with Gasteiger partial charge in [0.25, 0.3) is 5.91 Å². The summed E-state index contributed by atoms with van der Waals surface area (Å²) in [6.45, 7) is 0. The average molecular weight is 505 g/mol. The van der Waals surface area contributed by atoms with E-state index in [4.69, 9.17) is 10.7 Å². The van der Waals surface area contributed by atoms with E-state index in [-0.39, 0.29) is 5.91 Å². The summed E-state index contributed by atoms with van der Waals surface area (Å²) < 4.78 is 0. The Balaban J connectivity index is 1.41. The fourth-order valence-electron chi connectivity index (χ4n) is 4.12. The first kappa shape index (κ1) is 22.2. The summed E-state index contributed by atoms with van der Waals surface area (Å²) in [4.78, 5) is 23.9. The van der Waals surface area contributed by atoms with Gasteiger partial charge >= 0.3 is 0 Å². The van der Waals surface area contributed by atoms with Gasteiger partial charge in [-0.3, -0.25) is 10.1 Å². The number of aromatic nitrogens is 2. The summed E-state index contributed by atoms with van der Waals surface area (Å²) in [6.07, 6.45) is 0.